The van der Waals surface area contributed by atoms with Gasteiger partial charge in [-0.3, -0.25) is 4.79 Å². The Labute approximate surface area is 96.2 Å². The molecule has 0 saturated heterocycles. The second-order valence-electron chi connectivity index (χ2n) is 3.17. The topological polar surface area (TPSA) is 90.7 Å². The summed E-state index contributed by atoms with van der Waals surface area (Å²) < 4.78 is 0. The van der Waals surface area contributed by atoms with Crippen molar-refractivity contribution in [3.8, 4) is 0 Å². The predicted octanol–water partition coefficient (Wildman–Crippen LogP) is 0.897. The first-order valence-electron chi connectivity index (χ1n) is 4.63. The third-order valence-corrected chi connectivity index (χ3v) is 2.86. The van der Waals surface area contributed by atoms with Crippen molar-refractivity contribution >= 4 is 28.4 Å². The van der Waals surface area contributed by atoms with Gasteiger partial charge in [0.25, 0.3) is 0 Å². The van der Waals surface area contributed by atoms with E-state index in [2.05, 4.69) is 4.98 Å². The minimum absolute atomic E-state index is 0.114. The summed E-state index contributed by atoms with van der Waals surface area (Å²) in [4.78, 5) is 26.8. The Morgan fingerprint density at radius 1 is 1.56 bits per heavy atom. The van der Waals surface area contributed by atoms with Crippen LogP contribution in [0.15, 0.2) is 11.6 Å². The van der Waals surface area contributed by atoms with Crippen molar-refractivity contribution in [2.45, 2.75) is 19.4 Å². The fraction of sp³-hybridized carbons (Fsp3) is 0.444. The highest BCUT2D eigenvalue weighted by atomic mass is 32.1. The number of aliphatic carboxylic acids is 2. The molecule has 0 aliphatic rings. The number of hydrogen-bond donors (Lipinski definition) is 2. The van der Waals surface area contributed by atoms with Gasteiger partial charge in [-0.1, -0.05) is 0 Å². The lowest BCUT2D eigenvalue weighted by atomic mass is 10.3. The summed E-state index contributed by atoms with van der Waals surface area (Å²) in [5.74, 6) is -1.96. The van der Waals surface area contributed by atoms with E-state index in [1.807, 2.05) is 0 Å². The van der Waals surface area contributed by atoms with Crippen LogP contribution in [0.5, 0.6) is 0 Å². The first kappa shape index (κ1) is 12.4. The molecule has 0 radical (unpaired) electrons. The molecule has 1 aromatic rings. The van der Waals surface area contributed by atoms with Crippen LogP contribution in [0.1, 0.15) is 13.3 Å². The first-order chi connectivity index (χ1) is 7.52. The molecular weight excluding hydrogens is 232 g/mol. The van der Waals surface area contributed by atoms with Gasteiger partial charge in [0.2, 0.25) is 0 Å². The minimum Gasteiger partial charge on any atom is -0.481 e. The van der Waals surface area contributed by atoms with Crippen LogP contribution < -0.4 is 4.90 Å². The summed E-state index contributed by atoms with van der Waals surface area (Å²) >= 11 is 1.29. The Balaban J connectivity index is 2.77. The molecule has 1 heterocycles. The summed E-state index contributed by atoms with van der Waals surface area (Å²) in [6.07, 6.45) is 1.44. The van der Waals surface area contributed by atoms with Gasteiger partial charge in [0.05, 0.1) is 6.42 Å². The molecule has 7 heteroatoms. The Hall–Kier alpha value is -1.63. The zero-order valence-corrected chi connectivity index (χ0v) is 9.48. The maximum Gasteiger partial charge on any atom is 0.326 e. The summed E-state index contributed by atoms with van der Waals surface area (Å²) in [7, 11) is 0. The molecule has 2 N–H and O–H groups in total. The molecule has 16 heavy (non-hydrogen) atoms. The largest absolute Gasteiger partial charge is 0.481 e. The molecular formula is C9H12N2O4S. The SMILES string of the molecule is CC(C(=O)O)N(CCC(=O)O)c1nccs1. The van der Waals surface area contributed by atoms with Crippen LogP contribution in [-0.4, -0.2) is 39.7 Å². The average molecular weight is 244 g/mol. The number of thiazole rings is 1. The molecule has 1 atom stereocenters. The molecule has 0 aliphatic heterocycles. The number of carbonyl (C=O) groups is 2. The van der Waals surface area contributed by atoms with E-state index in [-0.39, 0.29) is 13.0 Å². The Bertz CT molecular complexity index is 366. The van der Waals surface area contributed by atoms with E-state index in [4.69, 9.17) is 10.2 Å². The van der Waals surface area contributed by atoms with E-state index in [0.717, 1.165) is 0 Å². The highest BCUT2D eigenvalue weighted by Crippen LogP contribution is 2.20. The molecule has 0 fully saturated rings. The van der Waals surface area contributed by atoms with Crippen LogP contribution in [0.4, 0.5) is 5.13 Å². The molecule has 1 rings (SSSR count). The van der Waals surface area contributed by atoms with Crippen LogP contribution in [-0.2, 0) is 9.59 Å². The number of nitrogens with zero attached hydrogens (tertiary/aromatic N) is 2. The highest BCUT2D eigenvalue weighted by Gasteiger charge is 2.23. The average Bonchev–Trinajstić information content (AvgIpc) is 2.70. The monoisotopic (exact) mass is 244 g/mol. The first-order valence-corrected chi connectivity index (χ1v) is 5.51. The third-order valence-electron chi connectivity index (χ3n) is 2.06. The number of anilines is 1. The lowest BCUT2D eigenvalue weighted by Crippen LogP contribution is -2.40. The van der Waals surface area contributed by atoms with Crippen molar-refractivity contribution in [2.75, 3.05) is 11.4 Å². The van der Waals surface area contributed by atoms with Gasteiger partial charge in [0.1, 0.15) is 6.04 Å². The Morgan fingerprint density at radius 3 is 2.69 bits per heavy atom. The Morgan fingerprint density at radius 2 is 2.25 bits per heavy atom. The fourth-order valence-corrected chi connectivity index (χ4v) is 1.91. The van der Waals surface area contributed by atoms with E-state index in [1.54, 1.807) is 11.6 Å². The fourth-order valence-electron chi connectivity index (χ4n) is 1.16. The van der Waals surface area contributed by atoms with Gasteiger partial charge in [-0.25, -0.2) is 9.78 Å². The number of carboxylic acid groups (broad SMARTS) is 2. The van der Waals surface area contributed by atoms with Gasteiger partial charge in [-0.15, -0.1) is 11.3 Å². The quantitative estimate of drug-likeness (QED) is 0.772. The lowest BCUT2D eigenvalue weighted by Gasteiger charge is -2.24. The van der Waals surface area contributed by atoms with Crippen LogP contribution >= 0.6 is 11.3 Å². The minimum atomic E-state index is -0.999. The van der Waals surface area contributed by atoms with Crippen LogP contribution in [0.3, 0.4) is 0 Å². The number of aromatic nitrogens is 1. The van der Waals surface area contributed by atoms with Crippen molar-refractivity contribution in [1.82, 2.24) is 4.98 Å². The zero-order chi connectivity index (χ0) is 12.1. The van der Waals surface area contributed by atoms with Crippen molar-refractivity contribution in [2.24, 2.45) is 0 Å². The number of carboxylic acids is 2. The number of hydrogen-bond acceptors (Lipinski definition) is 5. The summed E-state index contributed by atoms with van der Waals surface area (Å²) in [5, 5.41) is 19.7. The van der Waals surface area contributed by atoms with E-state index < -0.39 is 18.0 Å². The molecule has 1 unspecified atom stereocenters. The second kappa shape index (κ2) is 5.45. The molecule has 1 aromatic heterocycles. The van der Waals surface area contributed by atoms with E-state index in [9.17, 15) is 9.59 Å². The molecule has 0 amide bonds. The van der Waals surface area contributed by atoms with E-state index in [1.165, 1.54) is 23.2 Å². The van der Waals surface area contributed by atoms with Gasteiger partial charge in [-0.2, -0.15) is 0 Å². The van der Waals surface area contributed by atoms with Crippen LogP contribution in [0.25, 0.3) is 0 Å². The Kier molecular flexibility index (Phi) is 4.24. The van der Waals surface area contributed by atoms with Gasteiger partial charge >= 0.3 is 11.9 Å². The molecule has 6 nitrogen and oxygen atoms in total. The number of rotatable bonds is 6. The van der Waals surface area contributed by atoms with Gasteiger partial charge < -0.3 is 15.1 Å². The molecule has 0 aromatic carbocycles. The molecule has 0 spiro atoms. The highest BCUT2D eigenvalue weighted by molar-refractivity contribution is 7.13. The van der Waals surface area contributed by atoms with Crippen molar-refractivity contribution in [1.29, 1.82) is 0 Å². The second-order valence-corrected chi connectivity index (χ2v) is 4.04. The molecule has 0 saturated carbocycles. The maximum absolute atomic E-state index is 10.9. The third kappa shape index (κ3) is 3.20. The van der Waals surface area contributed by atoms with Crippen LogP contribution in [0, 0.1) is 0 Å². The summed E-state index contributed by atoms with van der Waals surface area (Å²) in [6, 6.07) is -0.787. The molecule has 0 aliphatic carbocycles. The van der Waals surface area contributed by atoms with Crippen molar-refractivity contribution < 1.29 is 19.8 Å². The van der Waals surface area contributed by atoms with E-state index >= 15 is 0 Å². The van der Waals surface area contributed by atoms with Crippen LogP contribution in [0.2, 0.25) is 0 Å². The van der Waals surface area contributed by atoms with Crippen molar-refractivity contribution in [3.05, 3.63) is 11.6 Å². The zero-order valence-electron chi connectivity index (χ0n) is 8.66. The normalized spacial score (nSPS) is 12.1. The van der Waals surface area contributed by atoms with Gasteiger partial charge in [0.15, 0.2) is 5.13 Å². The standard InChI is InChI=1S/C9H12N2O4S/c1-6(8(14)15)11(4-2-7(12)13)9-10-3-5-16-9/h3,5-6H,2,4H2,1H3,(H,12,13)(H,14,15). The maximum atomic E-state index is 10.9. The van der Waals surface area contributed by atoms with Crippen molar-refractivity contribution in [3.63, 3.8) is 0 Å². The summed E-state index contributed by atoms with van der Waals surface area (Å²) in [6.45, 7) is 1.64. The molecule has 0 bridgehead atoms. The van der Waals surface area contributed by atoms with E-state index in [0.29, 0.717) is 5.13 Å². The predicted molar refractivity (Wildman–Crippen MR) is 58.8 cm³/mol. The molecule has 88 valence electrons. The smallest absolute Gasteiger partial charge is 0.326 e. The van der Waals surface area contributed by atoms with Gasteiger partial charge in [-0.05, 0) is 6.92 Å². The lowest BCUT2D eigenvalue weighted by molar-refractivity contribution is -0.139. The summed E-state index contributed by atoms with van der Waals surface area (Å²) in [5.41, 5.74) is 0. The van der Waals surface area contributed by atoms with Gasteiger partial charge in [0, 0.05) is 18.1 Å².